The fraction of sp³-hybridized carbons (Fsp3) is 0.250. The molecule has 0 saturated carbocycles. The van der Waals surface area contributed by atoms with E-state index in [1.807, 2.05) is 0 Å². The summed E-state index contributed by atoms with van der Waals surface area (Å²) >= 11 is 18.8. The summed E-state index contributed by atoms with van der Waals surface area (Å²) in [5.74, 6) is 0.0862. The van der Waals surface area contributed by atoms with Crippen molar-refractivity contribution in [1.82, 2.24) is 4.90 Å². The second-order valence-electron chi connectivity index (χ2n) is 6.36. The summed E-state index contributed by atoms with van der Waals surface area (Å²) in [5, 5.41) is 9.73. The van der Waals surface area contributed by atoms with E-state index in [1.165, 1.54) is 11.8 Å². The lowest BCUT2D eigenvalue weighted by molar-refractivity contribution is -0.137. The van der Waals surface area contributed by atoms with Gasteiger partial charge in [0, 0.05) is 29.6 Å². The molecule has 1 N–H and O–H groups in total. The van der Waals surface area contributed by atoms with Crippen LogP contribution in [-0.2, 0) is 9.59 Å². The van der Waals surface area contributed by atoms with Gasteiger partial charge < -0.3 is 9.52 Å². The molecule has 1 saturated heterocycles. The molecule has 1 aliphatic rings. The standard InChI is InChI=1S/C20H17Cl2NO4S2/c21-12-5-7-15(22)14(10-12)16-8-6-13(27-16)11-17-19(26)23(20(28)29-17)9-3-1-2-4-18(24)25/h5-8,10-11H,1-4,9H2,(H,24,25)/b17-11-. The zero-order chi connectivity index (χ0) is 21.0. The van der Waals surface area contributed by atoms with Crippen LogP contribution in [0.15, 0.2) is 39.7 Å². The Morgan fingerprint density at radius 3 is 2.76 bits per heavy atom. The van der Waals surface area contributed by atoms with Gasteiger partial charge in [0.05, 0.1) is 9.93 Å². The molecule has 0 unspecified atom stereocenters. The number of carboxylic acid groups (broad SMARTS) is 1. The number of carboxylic acids is 1. The number of nitrogens with zero attached hydrogens (tertiary/aromatic N) is 1. The summed E-state index contributed by atoms with van der Waals surface area (Å²) in [6, 6.07) is 8.64. The Morgan fingerprint density at radius 1 is 1.21 bits per heavy atom. The largest absolute Gasteiger partial charge is 0.481 e. The Balaban J connectivity index is 1.66. The Hall–Kier alpha value is -1.80. The zero-order valence-corrected chi connectivity index (χ0v) is 18.3. The van der Waals surface area contributed by atoms with Gasteiger partial charge in [0.1, 0.15) is 15.8 Å². The van der Waals surface area contributed by atoms with Crippen molar-refractivity contribution in [3.8, 4) is 11.3 Å². The highest BCUT2D eigenvalue weighted by molar-refractivity contribution is 8.26. The van der Waals surface area contributed by atoms with E-state index in [4.69, 9.17) is 44.9 Å². The van der Waals surface area contributed by atoms with E-state index in [0.29, 0.717) is 55.7 Å². The number of hydrogen-bond donors (Lipinski definition) is 1. The number of thioether (sulfide) groups is 1. The molecule has 1 aromatic heterocycles. The SMILES string of the molecule is O=C(O)CCCCCN1C(=O)/C(=C/c2ccc(-c3cc(Cl)ccc3Cl)o2)SC1=S. The minimum absolute atomic E-state index is 0.135. The van der Waals surface area contributed by atoms with Gasteiger partial charge in [0.25, 0.3) is 5.91 Å². The fourth-order valence-corrected chi connectivity index (χ4v) is 4.48. The van der Waals surface area contributed by atoms with Gasteiger partial charge in [-0.2, -0.15) is 0 Å². The third-order valence-corrected chi connectivity index (χ3v) is 6.18. The number of rotatable bonds is 8. The molecule has 152 valence electrons. The maximum absolute atomic E-state index is 12.6. The molecule has 9 heteroatoms. The average molecular weight is 470 g/mol. The summed E-state index contributed by atoms with van der Waals surface area (Å²) < 4.78 is 6.31. The maximum atomic E-state index is 12.6. The zero-order valence-electron chi connectivity index (χ0n) is 15.2. The number of carbonyl (C=O) groups is 2. The Labute approximate surface area is 187 Å². The molecule has 5 nitrogen and oxygen atoms in total. The van der Waals surface area contributed by atoms with Crippen LogP contribution in [0.5, 0.6) is 0 Å². The molecule has 2 heterocycles. The molecular weight excluding hydrogens is 453 g/mol. The number of hydrogen-bond acceptors (Lipinski definition) is 5. The van der Waals surface area contributed by atoms with E-state index in [2.05, 4.69) is 0 Å². The molecule has 3 rings (SSSR count). The summed E-state index contributed by atoms with van der Waals surface area (Å²) in [4.78, 5) is 25.2. The van der Waals surface area contributed by atoms with Crippen molar-refractivity contribution in [2.75, 3.05) is 6.54 Å². The van der Waals surface area contributed by atoms with E-state index in [9.17, 15) is 9.59 Å². The number of aliphatic carboxylic acids is 1. The number of amides is 1. The van der Waals surface area contributed by atoms with Crippen molar-refractivity contribution >= 4 is 69.5 Å². The average Bonchev–Trinajstić information content (AvgIpc) is 3.23. The van der Waals surface area contributed by atoms with Gasteiger partial charge in [-0.05, 0) is 43.2 Å². The summed E-state index contributed by atoms with van der Waals surface area (Å²) in [6.07, 6.45) is 3.80. The van der Waals surface area contributed by atoms with Crippen molar-refractivity contribution in [3.63, 3.8) is 0 Å². The van der Waals surface area contributed by atoms with E-state index < -0.39 is 5.97 Å². The van der Waals surface area contributed by atoms with E-state index in [-0.39, 0.29) is 12.3 Å². The van der Waals surface area contributed by atoms with Crippen LogP contribution in [0.25, 0.3) is 17.4 Å². The highest BCUT2D eigenvalue weighted by Crippen LogP contribution is 2.35. The number of furan rings is 1. The summed E-state index contributed by atoms with van der Waals surface area (Å²) in [5.41, 5.74) is 0.674. The van der Waals surface area contributed by atoms with E-state index in [1.54, 1.807) is 41.3 Å². The van der Waals surface area contributed by atoms with Crippen molar-refractivity contribution in [3.05, 3.63) is 51.0 Å². The van der Waals surface area contributed by atoms with E-state index >= 15 is 0 Å². The summed E-state index contributed by atoms with van der Waals surface area (Å²) in [7, 11) is 0. The highest BCUT2D eigenvalue weighted by atomic mass is 35.5. The van der Waals surface area contributed by atoms with Crippen LogP contribution in [-0.4, -0.2) is 32.7 Å². The quantitative estimate of drug-likeness (QED) is 0.286. The lowest BCUT2D eigenvalue weighted by Crippen LogP contribution is -2.29. The molecule has 0 spiro atoms. The molecule has 1 aromatic carbocycles. The Bertz CT molecular complexity index is 987. The first-order valence-electron chi connectivity index (χ1n) is 8.87. The van der Waals surface area contributed by atoms with Gasteiger partial charge in [0.15, 0.2) is 0 Å². The number of thiocarbonyl (C=S) groups is 1. The molecule has 1 fully saturated rings. The van der Waals surface area contributed by atoms with Gasteiger partial charge in [-0.3, -0.25) is 14.5 Å². The van der Waals surface area contributed by atoms with E-state index in [0.717, 1.165) is 6.42 Å². The van der Waals surface area contributed by atoms with Gasteiger partial charge in [-0.1, -0.05) is 53.6 Å². The molecule has 0 atom stereocenters. The van der Waals surface area contributed by atoms with Crippen LogP contribution >= 0.6 is 47.2 Å². The second-order valence-corrected chi connectivity index (χ2v) is 8.88. The molecule has 29 heavy (non-hydrogen) atoms. The lowest BCUT2D eigenvalue weighted by atomic mass is 10.2. The van der Waals surface area contributed by atoms with Crippen molar-refractivity contribution in [1.29, 1.82) is 0 Å². The van der Waals surface area contributed by atoms with Crippen LogP contribution < -0.4 is 0 Å². The first kappa shape index (κ1) is 21.9. The molecule has 0 radical (unpaired) electrons. The topological polar surface area (TPSA) is 70.8 Å². The number of carbonyl (C=O) groups excluding carboxylic acids is 1. The van der Waals surface area contributed by atoms with Crippen molar-refractivity contribution < 1.29 is 19.1 Å². The monoisotopic (exact) mass is 469 g/mol. The number of unbranched alkanes of at least 4 members (excludes halogenated alkanes) is 2. The first-order valence-corrected chi connectivity index (χ1v) is 10.9. The normalized spacial score (nSPS) is 15.5. The first-order chi connectivity index (χ1) is 13.8. The molecule has 1 aliphatic heterocycles. The smallest absolute Gasteiger partial charge is 0.303 e. The predicted octanol–water partition coefficient (Wildman–Crippen LogP) is 6.10. The van der Waals surface area contributed by atoms with Gasteiger partial charge >= 0.3 is 5.97 Å². The minimum Gasteiger partial charge on any atom is -0.481 e. The third kappa shape index (κ3) is 5.63. The second kappa shape index (κ2) is 9.80. The fourth-order valence-electron chi connectivity index (χ4n) is 2.81. The number of benzene rings is 1. The lowest BCUT2D eigenvalue weighted by Gasteiger charge is -2.13. The van der Waals surface area contributed by atoms with Crippen molar-refractivity contribution in [2.45, 2.75) is 25.7 Å². The Morgan fingerprint density at radius 2 is 2.00 bits per heavy atom. The molecular formula is C20H17Cl2NO4S2. The molecule has 0 bridgehead atoms. The molecule has 2 aromatic rings. The predicted molar refractivity (Wildman–Crippen MR) is 120 cm³/mol. The highest BCUT2D eigenvalue weighted by Gasteiger charge is 2.31. The molecule has 0 aliphatic carbocycles. The summed E-state index contributed by atoms with van der Waals surface area (Å²) in [6.45, 7) is 0.475. The molecule has 1 amide bonds. The van der Waals surface area contributed by atoms with Gasteiger partial charge in [-0.25, -0.2) is 0 Å². The van der Waals surface area contributed by atoms with Crippen molar-refractivity contribution in [2.24, 2.45) is 0 Å². The Kier molecular flexibility index (Phi) is 7.40. The van der Waals surface area contributed by atoms with Crippen LogP contribution in [0, 0.1) is 0 Å². The van der Waals surface area contributed by atoms with Crippen LogP contribution in [0.1, 0.15) is 31.4 Å². The van der Waals surface area contributed by atoms with Crippen LogP contribution in [0.2, 0.25) is 10.0 Å². The van der Waals surface area contributed by atoms with Crippen LogP contribution in [0.4, 0.5) is 0 Å². The van der Waals surface area contributed by atoms with Gasteiger partial charge in [-0.15, -0.1) is 0 Å². The minimum atomic E-state index is -0.810. The van der Waals surface area contributed by atoms with Crippen LogP contribution in [0.3, 0.4) is 0 Å². The number of halogens is 2. The van der Waals surface area contributed by atoms with Gasteiger partial charge in [0.2, 0.25) is 0 Å². The third-order valence-electron chi connectivity index (χ3n) is 4.24. The maximum Gasteiger partial charge on any atom is 0.303 e.